The quantitative estimate of drug-likeness (QED) is 0.845. The Kier molecular flexibility index (Phi) is 5.49. The highest BCUT2D eigenvalue weighted by Gasteiger charge is 2.12. The molecule has 22 heavy (non-hydrogen) atoms. The Bertz CT molecular complexity index is 688. The van der Waals surface area contributed by atoms with Gasteiger partial charge in [0.1, 0.15) is 5.69 Å². The first kappa shape index (κ1) is 16.4. The number of amides is 1. The number of aromatic nitrogens is 2. The normalized spacial score (nSPS) is 10.4. The standard InChI is InChI=1S/C16H19BrN4O/c1-4-7-18-16-19-11(3)9-14(21-16)15(22)20-13-6-5-12(17)8-10(13)2/h5-6,8-9H,4,7H2,1-3H3,(H,20,22)(H,18,19,21). The summed E-state index contributed by atoms with van der Waals surface area (Å²) >= 11 is 3.41. The highest BCUT2D eigenvalue weighted by atomic mass is 79.9. The molecule has 0 aliphatic rings. The van der Waals surface area contributed by atoms with Crippen LogP contribution in [0.5, 0.6) is 0 Å². The number of nitrogens with zero attached hydrogens (tertiary/aromatic N) is 2. The fourth-order valence-electron chi connectivity index (χ4n) is 1.95. The lowest BCUT2D eigenvalue weighted by Crippen LogP contribution is -2.17. The number of aryl methyl sites for hydroxylation is 2. The van der Waals surface area contributed by atoms with Gasteiger partial charge in [0.15, 0.2) is 0 Å². The Morgan fingerprint density at radius 1 is 1.23 bits per heavy atom. The summed E-state index contributed by atoms with van der Waals surface area (Å²) in [6, 6.07) is 7.39. The summed E-state index contributed by atoms with van der Waals surface area (Å²) in [5.74, 6) is 0.245. The molecule has 6 heteroatoms. The Balaban J connectivity index is 2.20. The van der Waals surface area contributed by atoms with E-state index >= 15 is 0 Å². The molecule has 2 aromatic rings. The zero-order chi connectivity index (χ0) is 16.1. The monoisotopic (exact) mass is 362 g/mol. The molecule has 1 aromatic heterocycles. The Labute approximate surface area is 138 Å². The van der Waals surface area contributed by atoms with E-state index in [-0.39, 0.29) is 5.91 Å². The summed E-state index contributed by atoms with van der Waals surface area (Å²) < 4.78 is 0.979. The minimum absolute atomic E-state index is 0.240. The topological polar surface area (TPSA) is 66.9 Å². The van der Waals surface area contributed by atoms with E-state index in [1.165, 1.54) is 0 Å². The van der Waals surface area contributed by atoms with E-state index in [1.807, 2.05) is 32.0 Å². The largest absolute Gasteiger partial charge is 0.354 e. The summed E-state index contributed by atoms with van der Waals surface area (Å²) in [6.07, 6.45) is 0.969. The fraction of sp³-hybridized carbons (Fsp3) is 0.312. The molecule has 0 aliphatic carbocycles. The van der Waals surface area contributed by atoms with Gasteiger partial charge in [0.05, 0.1) is 0 Å². The lowest BCUT2D eigenvalue weighted by Gasteiger charge is -2.10. The molecule has 0 radical (unpaired) electrons. The van der Waals surface area contributed by atoms with E-state index < -0.39 is 0 Å². The van der Waals surface area contributed by atoms with Crippen LogP contribution in [-0.2, 0) is 0 Å². The molecule has 2 N–H and O–H groups in total. The van der Waals surface area contributed by atoms with Gasteiger partial charge in [0, 0.05) is 22.4 Å². The van der Waals surface area contributed by atoms with Gasteiger partial charge in [-0.3, -0.25) is 4.79 Å². The first-order chi connectivity index (χ1) is 10.5. The van der Waals surface area contributed by atoms with Crippen LogP contribution < -0.4 is 10.6 Å². The summed E-state index contributed by atoms with van der Waals surface area (Å²) in [5, 5.41) is 5.99. The second kappa shape index (κ2) is 7.35. The molecule has 116 valence electrons. The lowest BCUT2D eigenvalue weighted by molar-refractivity contribution is 0.102. The Hall–Kier alpha value is -1.95. The maximum Gasteiger partial charge on any atom is 0.274 e. The van der Waals surface area contributed by atoms with Crippen molar-refractivity contribution in [2.45, 2.75) is 27.2 Å². The number of nitrogens with one attached hydrogen (secondary N) is 2. The first-order valence-electron chi connectivity index (χ1n) is 7.16. The minimum atomic E-state index is -0.240. The number of carbonyl (C=O) groups is 1. The van der Waals surface area contributed by atoms with Crippen LogP contribution in [0, 0.1) is 13.8 Å². The van der Waals surface area contributed by atoms with Crippen molar-refractivity contribution in [3.8, 4) is 0 Å². The summed E-state index contributed by atoms with van der Waals surface area (Å²) in [7, 11) is 0. The van der Waals surface area contributed by atoms with Gasteiger partial charge in [0.2, 0.25) is 5.95 Å². The highest BCUT2D eigenvalue weighted by Crippen LogP contribution is 2.20. The number of halogens is 1. The summed E-state index contributed by atoms with van der Waals surface area (Å²) in [6.45, 7) is 6.63. The van der Waals surface area contributed by atoms with Crippen molar-refractivity contribution in [1.29, 1.82) is 0 Å². The summed E-state index contributed by atoms with van der Waals surface area (Å²) in [4.78, 5) is 20.9. The predicted molar refractivity (Wildman–Crippen MR) is 92.4 cm³/mol. The zero-order valence-electron chi connectivity index (χ0n) is 12.9. The van der Waals surface area contributed by atoms with Gasteiger partial charge < -0.3 is 10.6 Å². The van der Waals surface area contributed by atoms with Crippen molar-refractivity contribution in [2.24, 2.45) is 0 Å². The van der Waals surface area contributed by atoms with E-state index in [0.29, 0.717) is 11.6 Å². The average Bonchev–Trinajstić information content (AvgIpc) is 2.47. The molecule has 0 bridgehead atoms. The molecule has 0 spiro atoms. The van der Waals surface area contributed by atoms with Gasteiger partial charge in [-0.25, -0.2) is 9.97 Å². The van der Waals surface area contributed by atoms with Crippen molar-refractivity contribution in [3.05, 3.63) is 45.7 Å². The number of hydrogen-bond donors (Lipinski definition) is 2. The summed E-state index contributed by atoms with van der Waals surface area (Å²) in [5.41, 5.74) is 2.87. The van der Waals surface area contributed by atoms with Crippen molar-refractivity contribution in [2.75, 3.05) is 17.2 Å². The van der Waals surface area contributed by atoms with Gasteiger partial charge in [-0.2, -0.15) is 0 Å². The van der Waals surface area contributed by atoms with Crippen molar-refractivity contribution in [3.63, 3.8) is 0 Å². The molecule has 0 saturated heterocycles. The van der Waals surface area contributed by atoms with Crippen LogP contribution in [0.25, 0.3) is 0 Å². The molecule has 0 unspecified atom stereocenters. The van der Waals surface area contributed by atoms with Crippen molar-refractivity contribution in [1.82, 2.24) is 9.97 Å². The van der Waals surface area contributed by atoms with Gasteiger partial charge in [0.25, 0.3) is 5.91 Å². The van der Waals surface area contributed by atoms with E-state index in [2.05, 4.69) is 43.5 Å². The number of carbonyl (C=O) groups excluding carboxylic acids is 1. The molecule has 0 saturated carbocycles. The smallest absolute Gasteiger partial charge is 0.274 e. The molecular formula is C16H19BrN4O. The van der Waals surface area contributed by atoms with Gasteiger partial charge in [-0.05, 0) is 50.1 Å². The minimum Gasteiger partial charge on any atom is -0.354 e. The number of benzene rings is 1. The van der Waals surface area contributed by atoms with Crippen molar-refractivity contribution >= 4 is 33.5 Å². The molecule has 1 amide bonds. The highest BCUT2D eigenvalue weighted by molar-refractivity contribution is 9.10. The van der Waals surface area contributed by atoms with Crippen LogP contribution in [0.2, 0.25) is 0 Å². The molecule has 1 aromatic carbocycles. The number of anilines is 2. The van der Waals surface area contributed by atoms with Crippen LogP contribution in [-0.4, -0.2) is 22.4 Å². The molecular weight excluding hydrogens is 344 g/mol. The second-order valence-corrected chi connectivity index (χ2v) is 5.97. The molecule has 5 nitrogen and oxygen atoms in total. The van der Waals surface area contributed by atoms with Crippen LogP contribution in [0.15, 0.2) is 28.7 Å². The van der Waals surface area contributed by atoms with Gasteiger partial charge in [-0.15, -0.1) is 0 Å². The predicted octanol–water partition coefficient (Wildman–Crippen LogP) is 3.93. The number of hydrogen-bond acceptors (Lipinski definition) is 4. The molecule has 2 rings (SSSR count). The van der Waals surface area contributed by atoms with Crippen LogP contribution in [0.3, 0.4) is 0 Å². The SMILES string of the molecule is CCCNc1nc(C)cc(C(=O)Nc2ccc(Br)cc2C)n1. The maximum atomic E-state index is 12.4. The van der Waals surface area contributed by atoms with Gasteiger partial charge >= 0.3 is 0 Å². The maximum absolute atomic E-state index is 12.4. The Morgan fingerprint density at radius 2 is 2.00 bits per heavy atom. The van der Waals surface area contributed by atoms with Crippen LogP contribution in [0.1, 0.15) is 35.1 Å². The third kappa shape index (κ3) is 4.27. The average molecular weight is 363 g/mol. The van der Waals surface area contributed by atoms with E-state index in [1.54, 1.807) is 6.07 Å². The second-order valence-electron chi connectivity index (χ2n) is 5.06. The molecule has 0 fully saturated rings. The van der Waals surface area contributed by atoms with Crippen LogP contribution in [0.4, 0.5) is 11.6 Å². The molecule has 0 aliphatic heterocycles. The van der Waals surface area contributed by atoms with E-state index in [0.717, 1.165) is 34.4 Å². The van der Waals surface area contributed by atoms with Gasteiger partial charge in [-0.1, -0.05) is 22.9 Å². The van der Waals surface area contributed by atoms with E-state index in [4.69, 9.17) is 0 Å². The van der Waals surface area contributed by atoms with Crippen molar-refractivity contribution < 1.29 is 4.79 Å². The van der Waals surface area contributed by atoms with Crippen LogP contribution >= 0.6 is 15.9 Å². The van der Waals surface area contributed by atoms with E-state index in [9.17, 15) is 4.79 Å². The Morgan fingerprint density at radius 3 is 2.68 bits per heavy atom. The molecule has 1 heterocycles. The number of rotatable bonds is 5. The first-order valence-corrected chi connectivity index (χ1v) is 7.96. The third-order valence-electron chi connectivity index (χ3n) is 3.06. The fourth-order valence-corrected chi connectivity index (χ4v) is 2.43. The third-order valence-corrected chi connectivity index (χ3v) is 3.55. The zero-order valence-corrected chi connectivity index (χ0v) is 14.5. The molecule has 0 atom stereocenters. The lowest BCUT2D eigenvalue weighted by atomic mass is 10.2.